The Hall–Kier alpha value is -7.47. The summed E-state index contributed by atoms with van der Waals surface area (Å²) in [4.78, 5) is 7.03. The molecule has 4 nitrogen and oxygen atoms in total. The molecule has 0 aliphatic carbocycles. The van der Waals surface area contributed by atoms with Gasteiger partial charge in [0.15, 0.2) is 8.07 Å². The Morgan fingerprint density at radius 1 is 0.448 bits per heavy atom. The van der Waals surface area contributed by atoms with Crippen molar-refractivity contribution >= 4 is 67.7 Å². The third-order valence-corrected chi connectivity index (χ3v) is 16.4. The largest absolute Gasteiger partial charge is 0.457 e. The molecule has 11 rings (SSSR count). The molecule has 0 saturated heterocycles. The molecule has 8 aromatic carbocycles. The number of ether oxygens (including phenoxy) is 1. The lowest BCUT2D eigenvalue weighted by molar-refractivity contribution is 0.483. The van der Waals surface area contributed by atoms with Crippen LogP contribution in [0.4, 0.5) is 17.1 Å². The van der Waals surface area contributed by atoms with Crippen molar-refractivity contribution in [1.82, 2.24) is 9.55 Å². The summed E-state index contributed by atoms with van der Waals surface area (Å²) in [6.07, 6.45) is 1.82. The third kappa shape index (κ3) is 5.32. The number of para-hydroxylation sites is 3. The van der Waals surface area contributed by atoms with Crippen LogP contribution in [-0.2, 0) is 0 Å². The van der Waals surface area contributed by atoms with Gasteiger partial charge < -0.3 is 14.2 Å². The highest BCUT2D eigenvalue weighted by atomic mass is 28.3. The maximum absolute atomic E-state index is 6.66. The smallest absolute Gasteiger partial charge is 0.186 e. The molecular formula is C53H37N3OSi. The number of fused-ring (bicyclic) bond motifs is 6. The lowest BCUT2D eigenvalue weighted by atomic mass is 10.1. The summed E-state index contributed by atoms with van der Waals surface area (Å²) in [5.74, 6) is 1.52. The van der Waals surface area contributed by atoms with E-state index in [0.717, 1.165) is 34.1 Å². The van der Waals surface area contributed by atoms with Gasteiger partial charge in [0, 0.05) is 56.5 Å². The van der Waals surface area contributed by atoms with E-state index in [9.17, 15) is 0 Å². The van der Waals surface area contributed by atoms with Crippen LogP contribution in [0.25, 0.3) is 38.8 Å². The van der Waals surface area contributed by atoms with Crippen LogP contribution >= 0.6 is 0 Å². The molecule has 0 bridgehead atoms. The molecule has 0 unspecified atom stereocenters. The van der Waals surface area contributed by atoms with Crippen molar-refractivity contribution < 1.29 is 4.74 Å². The summed E-state index contributed by atoms with van der Waals surface area (Å²) in [7, 11) is -3.06. The van der Waals surface area contributed by atoms with Gasteiger partial charge in [-0.05, 0) is 82.3 Å². The zero-order valence-corrected chi connectivity index (χ0v) is 32.6. The van der Waals surface area contributed by atoms with Crippen molar-refractivity contribution in [2.45, 2.75) is 0 Å². The Balaban J connectivity index is 1.22. The van der Waals surface area contributed by atoms with E-state index in [4.69, 9.17) is 4.74 Å². The SMILES string of the molecule is c1ccc(-n2c3ccccc3c3ccc4c(c32)[Si](c2ccccc2)(c2ccccc2)c2ccccc2N4c2cccc(Oc3cccc(-c4ccccn4)c3)c2)cc1. The van der Waals surface area contributed by atoms with Gasteiger partial charge in [-0.3, -0.25) is 4.98 Å². The quantitative estimate of drug-likeness (QED) is 0.152. The van der Waals surface area contributed by atoms with Crippen LogP contribution in [0.2, 0.25) is 0 Å². The van der Waals surface area contributed by atoms with Crippen LogP contribution in [-0.4, -0.2) is 17.6 Å². The Morgan fingerprint density at radius 2 is 1.09 bits per heavy atom. The van der Waals surface area contributed by atoms with E-state index in [1.807, 2.05) is 42.6 Å². The number of aromatic nitrogens is 2. The minimum Gasteiger partial charge on any atom is -0.457 e. The van der Waals surface area contributed by atoms with Crippen LogP contribution < -0.4 is 30.4 Å². The number of hydrogen-bond acceptors (Lipinski definition) is 3. The molecule has 58 heavy (non-hydrogen) atoms. The minimum atomic E-state index is -3.06. The summed E-state index contributed by atoms with van der Waals surface area (Å²) >= 11 is 0. The van der Waals surface area contributed by atoms with E-state index in [-0.39, 0.29) is 0 Å². The fourth-order valence-corrected chi connectivity index (χ4v) is 14.5. The van der Waals surface area contributed by atoms with E-state index in [1.165, 1.54) is 53.9 Å². The second-order valence-corrected chi connectivity index (χ2v) is 18.4. The van der Waals surface area contributed by atoms with Crippen molar-refractivity contribution in [1.29, 1.82) is 0 Å². The zero-order chi connectivity index (χ0) is 38.5. The number of anilines is 3. The van der Waals surface area contributed by atoms with Crippen molar-refractivity contribution in [3.05, 3.63) is 225 Å². The predicted molar refractivity (Wildman–Crippen MR) is 242 cm³/mol. The van der Waals surface area contributed by atoms with E-state index < -0.39 is 8.07 Å². The van der Waals surface area contributed by atoms with Gasteiger partial charge in [0.05, 0.1) is 16.7 Å². The van der Waals surface area contributed by atoms with Gasteiger partial charge in [-0.2, -0.15) is 0 Å². The van der Waals surface area contributed by atoms with Crippen LogP contribution in [0, 0.1) is 0 Å². The Labute approximate surface area is 338 Å². The summed E-state index contributed by atoms with van der Waals surface area (Å²) in [5, 5.41) is 7.86. The first-order valence-corrected chi connectivity index (χ1v) is 21.7. The van der Waals surface area contributed by atoms with Crippen molar-refractivity contribution in [3.63, 3.8) is 0 Å². The topological polar surface area (TPSA) is 30.3 Å². The molecule has 274 valence electrons. The number of benzene rings is 8. The monoisotopic (exact) mass is 759 g/mol. The third-order valence-electron chi connectivity index (χ3n) is 11.5. The van der Waals surface area contributed by atoms with Crippen LogP contribution in [0.15, 0.2) is 225 Å². The van der Waals surface area contributed by atoms with Gasteiger partial charge in [0.2, 0.25) is 0 Å². The van der Waals surface area contributed by atoms with Gasteiger partial charge in [0.25, 0.3) is 0 Å². The molecule has 0 spiro atoms. The molecule has 0 radical (unpaired) electrons. The molecule has 1 aliphatic rings. The van der Waals surface area contributed by atoms with Crippen molar-refractivity contribution in [3.8, 4) is 28.4 Å². The van der Waals surface area contributed by atoms with E-state index in [1.54, 1.807) is 0 Å². The molecule has 1 aliphatic heterocycles. The molecule has 0 N–H and O–H groups in total. The van der Waals surface area contributed by atoms with Gasteiger partial charge in [-0.15, -0.1) is 0 Å². The Kier molecular flexibility index (Phi) is 8.12. The second-order valence-electron chi connectivity index (χ2n) is 14.7. The Bertz CT molecular complexity index is 3050. The highest BCUT2D eigenvalue weighted by molar-refractivity contribution is 7.22. The standard InChI is InChI=1S/C53H37N3OSi/c1-4-19-39(20-5-1)56-48-30-11-10-28-45(48)46-33-34-50-53(52(46)56)58(43-24-6-2-7-25-43,44-26-8-3-9-27-44)51-32-13-12-31-49(51)55(50)40-21-17-23-42(37-40)57-41-22-16-18-38(36-41)47-29-14-15-35-54-47/h1-37H. The first-order chi connectivity index (χ1) is 28.8. The van der Waals surface area contributed by atoms with E-state index >= 15 is 0 Å². The molecule has 2 aromatic heterocycles. The molecule has 0 amide bonds. The van der Waals surface area contributed by atoms with Crippen molar-refractivity contribution in [2.75, 3.05) is 4.90 Å². The normalized spacial score (nSPS) is 12.9. The summed E-state index contributed by atoms with van der Waals surface area (Å²) < 4.78 is 9.18. The Morgan fingerprint density at radius 3 is 1.84 bits per heavy atom. The van der Waals surface area contributed by atoms with E-state index in [2.05, 4.69) is 196 Å². The molecule has 0 fully saturated rings. The lowest BCUT2D eigenvalue weighted by Crippen LogP contribution is -2.77. The molecule has 5 heteroatoms. The van der Waals surface area contributed by atoms with Crippen molar-refractivity contribution in [2.24, 2.45) is 0 Å². The average molecular weight is 760 g/mol. The highest BCUT2D eigenvalue weighted by Gasteiger charge is 2.50. The minimum absolute atomic E-state index is 0.758. The van der Waals surface area contributed by atoms with Crippen LogP contribution in [0.5, 0.6) is 11.5 Å². The van der Waals surface area contributed by atoms with E-state index in [0.29, 0.717) is 0 Å². The molecule has 0 saturated carbocycles. The molecule has 3 heterocycles. The van der Waals surface area contributed by atoms with Crippen LogP contribution in [0.3, 0.4) is 0 Å². The van der Waals surface area contributed by atoms with Gasteiger partial charge in [0.1, 0.15) is 11.5 Å². The zero-order valence-electron chi connectivity index (χ0n) is 31.6. The van der Waals surface area contributed by atoms with Gasteiger partial charge >= 0.3 is 0 Å². The van der Waals surface area contributed by atoms with Gasteiger partial charge in [-0.25, -0.2) is 0 Å². The molecular weight excluding hydrogens is 723 g/mol. The fourth-order valence-electron chi connectivity index (χ4n) is 9.19. The maximum atomic E-state index is 6.66. The lowest BCUT2D eigenvalue weighted by Gasteiger charge is -2.45. The molecule has 10 aromatic rings. The second kappa shape index (κ2) is 13.9. The number of hydrogen-bond donors (Lipinski definition) is 0. The first-order valence-electron chi connectivity index (χ1n) is 19.7. The number of rotatable bonds is 7. The summed E-state index contributed by atoms with van der Waals surface area (Å²) in [6, 6.07) is 78.7. The molecule has 0 atom stereocenters. The highest BCUT2D eigenvalue weighted by Crippen LogP contribution is 2.43. The van der Waals surface area contributed by atoms with Gasteiger partial charge in [-0.1, -0.05) is 146 Å². The fraction of sp³-hybridized carbons (Fsp3) is 0. The predicted octanol–water partition coefficient (Wildman–Crippen LogP) is 10.8. The van der Waals surface area contributed by atoms with Crippen LogP contribution in [0.1, 0.15) is 0 Å². The summed E-state index contributed by atoms with van der Waals surface area (Å²) in [5.41, 5.74) is 8.85. The summed E-state index contributed by atoms with van der Waals surface area (Å²) in [6.45, 7) is 0. The first kappa shape index (κ1) is 33.8. The maximum Gasteiger partial charge on any atom is 0.186 e. The average Bonchev–Trinajstić information content (AvgIpc) is 3.64. The number of pyridine rings is 1. The number of nitrogens with zero attached hydrogens (tertiary/aromatic N) is 3.